The van der Waals surface area contributed by atoms with E-state index in [0.29, 0.717) is 11.3 Å². The fourth-order valence-electron chi connectivity index (χ4n) is 2.88. The van der Waals surface area contributed by atoms with E-state index in [2.05, 4.69) is 22.4 Å². The van der Waals surface area contributed by atoms with Gasteiger partial charge in [-0.3, -0.25) is 0 Å². The molecule has 0 radical (unpaired) electrons. The van der Waals surface area contributed by atoms with E-state index in [1.165, 1.54) is 11.1 Å². The van der Waals surface area contributed by atoms with Crippen molar-refractivity contribution in [3.63, 3.8) is 0 Å². The second kappa shape index (κ2) is 6.12. The number of hydrogen-bond acceptors (Lipinski definition) is 5. The molecule has 2 unspecified atom stereocenters. The fourth-order valence-corrected chi connectivity index (χ4v) is 4.09. The fraction of sp³-hybridized carbons (Fsp3) is 0.438. The van der Waals surface area contributed by atoms with E-state index in [1.807, 2.05) is 20.0 Å². The average molecular weight is 304 g/mol. The molecular weight excluding hydrogens is 284 g/mol. The summed E-state index contributed by atoms with van der Waals surface area (Å²) in [6, 6.07) is 6.65. The van der Waals surface area contributed by atoms with Gasteiger partial charge in [0.2, 0.25) is 0 Å². The molecule has 1 aromatic carbocycles. The van der Waals surface area contributed by atoms with Crippen LogP contribution in [0.25, 0.3) is 0 Å². The first-order valence-electron chi connectivity index (χ1n) is 7.14. The van der Waals surface area contributed by atoms with E-state index in [-0.39, 0.29) is 0 Å². The van der Waals surface area contributed by atoms with Crippen LogP contribution in [-0.2, 0) is 6.42 Å². The lowest BCUT2D eigenvalue weighted by molar-refractivity contribution is 0.412. The minimum atomic E-state index is 0.303. The SMILES string of the molecule is CNC1c2ccc(OC)cc2CCC1Sc1nc(C)co1. The maximum Gasteiger partial charge on any atom is 0.256 e. The number of oxazole rings is 1. The second-order valence-corrected chi connectivity index (χ2v) is 6.47. The molecule has 1 aliphatic carbocycles. The Balaban J connectivity index is 1.84. The van der Waals surface area contributed by atoms with Gasteiger partial charge in [-0.05, 0) is 50.1 Å². The van der Waals surface area contributed by atoms with Crippen molar-refractivity contribution in [1.82, 2.24) is 10.3 Å². The number of hydrogen-bond donors (Lipinski definition) is 1. The van der Waals surface area contributed by atoms with Gasteiger partial charge in [0, 0.05) is 11.3 Å². The number of ether oxygens (including phenoxy) is 1. The molecule has 0 fully saturated rings. The molecular formula is C16H20N2O2S. The molecule has 0 bridgehead atoms. The highest BCUT2D eigenvalue weighted by Gasteiger charge is 2.30. The maximum atomic E-state index is 5.49. The van der Waals surface area contributed by atoms with Crippen LogP contribution in [0.2, 0.25) is 0 Å². The van der Waals surface area contributed by atoms with Crippen LogP contribution in [0, 0.1) is 6.92 Å². The van der Waals surface area contributed by atoms with Crippen LogP contribution in [0.1, 0.15) is 29.3 Å². The van der Waals surface area contributed by atoms with Crippen molar-refractivity contribution in [3.8, 4) is 5.75 Å². The van der Waals surface area contributed by atoms with Crippen LogP contribution in [-0.4, -0.2) is 24.4 Å². The topological polar surface area (TPSA) is 47.3 Å². The van der Waals surface area contributed by atoms with Gasteiger partial charge < -0.3 is 14.5 Å². The van der Waals surface area contributed by atoms with Gasteiger partial charge in [0.05, 0.1) is 12.8 Å². The number of thioether (sulfide) groups is 1. The number of nitrogens with one attached hydrogen (secondary N) is 1. The van der Waals surface area contributed by atoms with Crippen molar-refractivity contribution in [2.45, 2.75) is 36.3 Å². The van der Waals surface area contributed by atoms with E-state index in [4.69, 9.17) is 9.15 Å². The van der Waals surface area contributed by atoms with Crippen LogP contribution in [0.3, 0.4) is 0 Å². The Kier molecular flexibility index (Phi) is 4.22. The van der Waals surface area contributed by atoms with Crippen LogP contribution in [0.5, 0.6) is 5.75 Å². The molecule has 0 saturated carbocycles. The monoisotopic (exact) mass is 304 g/mol. The number of rotatable bonds is 4. The molecule has 1 aromatic heterocycles. The predicted octanol–water partition coefficient (Wildman–Crippen LogP) is 3.36. The van der Waals surface area contributed by atoms with Crippen molar-refractivity contribution in [1.29, 1.82) is 0 Å². The highest BCUT2D eigenvalue weighted by molar-refractivity contribution is 7.99. The molecule has 4 nitrogen and oxygen atoms in total. The third kappa shape index (κ3) is 2.94. The zero-order valence-corrected chi connectivity index (χ0v) is 13.4. The molecule has 2 aromatic rings. The second-order valence-electron chi connectivity index (χ2n) is 5.28. The Labute approximate surface area is 129 Å². The minimum Gasteiger partial charge on any atom is -0.497 e. The molecule has 1 heterocycles. The van der Waals surface area contributed by atoms with Gasteiger partial charge in [-0.1, -0.05) is 17.8 Å². The number of nitrogens with zero attached hydrogens (tertiary/aromatic N) is 1. The quantitative estimate of drug-likeness (QED) is 0.938. The third-order valence-electron chi connectivity index (χ3n) is 3.92. The molecule has 5 heteroatoms. The van der Waals surface area contributed by atoms with Gasteiger partial charge in [-0.15, -0.1) is 0 Å². The largest absolute Gasteiger partial charge is 0.497 e. The van der Waals surface area contributed by atoms with Crippen molar-refractivity contribution >= 4 is 11.8 Å². The molecule has 3 rings (SSSR count). The van der Waals surface area contributed by atoms with Gasteiger partial charge in [0.25, 0.3) is 5.22 Å². The highest BCUT2D eigenvalue weighted by atomic mass is 32.2. The normalized spacial score (nSPS) is 21.1. The Morgan fingerprint density at radius 1 is 1.43 bits per heavy atom. The molecule has 0 saturated heterocycles. The molecule has 112 valence electrons. The Bertz CT molecular complexity index is 626. The first-order valence-corrected chi connectivity index (χ1v) is 8.02. The number of methoxy groups -OCH3 is 1. The Morgan fingerprint density at radius 2 is 2.29 bits per heavy atom. The van der Waals surface area contributed by atoms with Crippen LogP contribution >= 0.6 is 11.8 Å². The van der Waals surface area contributed by atoms with Crippen LogP contribution < -0.4 is 10.1 Å². The summed E-state index contributed by atoms with van der Waals surface area (Å²) in [6.45, 7) is 1.95. The summed E-state index contributed by atoms with van der Waals surface area (Å²) in [5.41, 5.74) is 3.65. The van der Waals surface area contributed by atoms with E-state index in [0.717, 1.165) is 29.5 Å². The summed E-state index contributed by atoms with van der Waals surface area (Å²) < 4.78 is 10.8. The lowest BCUT2D eigenvalue weighted by Crippen LogP contribution is -2.32. The molecule has 2 atom stereocenters. The molecule has 0 aliphatic heterocycles. The number of aryl methyl sites for hydroxylation is 2. The standard InChI is InChI=1S/C16H20N2O2S/c1-10-9-20-16(18-10)21-14-7-4-11-8-12(19-3)5-6-13(11)15(14)17-2/h5-6,8-9,14-15,17H,4,7H2,1-3H3. The lowest BCUT2D eigenvalue weighted by atomic mass is 9.87. The zero-order valence-electron chi connectivity index (χ0n) is 12.6. The third-order valence-corrected chi connectivity index (χ3v) is 5.12. The van der Waals surface area contributed by atoms with Gasteiger partial charge in [0.15, 0.2) is 0 Å². The summed E-state index contributed by atoms with van der Waals surface area (Å²) in [5.74, 6) is 0.929. The average Bonchev–Trinajstić information content (AvgIpc) is 2.91. The van der Waals surface area contributed by atoms with Crippen molar-refractivity contribution in [3.05, 3.63) is 41.3 Å². The van der Waals surface area contributed by atoms with Crippen LogP contribution in [0.4, 0.5) is 0 Å². The molecule has 1 aliphatic rings. The summed E-state index contributed by atoms with van der Waals surface area (Å²) in [7, 11) is 3.72. The molecule has 1 N–H and O–H groups in total. The van der Waals surface area contributed by atoms with Gasteiger partial charge in [-0.2, -0.15) is 0 Å². The number of fused-ring (bicyclic) bond motifs is 1. The number of benzene rings is 1. The first kappa shape index (κ1) is 14.5. The predicted molar refractivity (Wildman–Crippen MR) is 84.0 cm³/mol. The minimum absolute atomic E-state index is 0.303. The molecule has 21 heavy (non-hydrogen) atoms. The van der Waals surface area contributed by atoms with E-state index < -0.39 is 0 Å². The van der Waals surface area contributed by atoms with Gasteiger partial charge >= 0.3 is 0 Å². The molecule has 0 spiro atoms. The first-order chi connectivity index (χ1) is 10.2. The van der Waals surface area contributed by atoms with Gasteiger partial charge in [-0.25, -0.2) is 4.98 Å². The van der Waals surface area contributed by atoms with E-state index in [9.17, 15) is 0 Å². The van der Waals surface area contributed by atoms with Gasteiger partial charge in [0.1, 0.15) is 12.0 Å². The lowest BCUT2D eigenvalue weighted by Gasteiger charge is -2.32. The summed E-state index contributed by atoms with van der Waals surface area (Å²) in [5, 5.41) is 4.63. The maximum absolute atomic E-state index is 5.49. The highest BCUT2D eigenvalue weighted by Crippen LogP contribution is 2.40. The number of aromatic nitrogens is 1. The Hall–Kier alpha value is -1.46. The smallest absolute Gasteiger partial charge is 0.256 e. The summed E-state index contributed by atoms with van der Waals surface area (Å²) in [4.78, 5) is 4.41. The van der Waals surface area contributed by atoms with Crippen molar-refractivity contribution < 1.29 is 9.15 Å². The molecule has 0 amide bonds. The Morgan fingerprint density at radius 3 is 2.95 bits per heavy atom. The van der Waals surface area contributed by atoms with Crippen molar-refractivity contribution in [2.24, 2.45) is 0 Å². The van der Waals surface area contributed by atoms with Crippen LogP contribution in [0.15, 0.2) is 34.1 Å². The van der Waals surface area contributed by atoms with E-state index >= 15 is 0 Å². The van der Waals surface area contributed by atoms with Crippen molar-refractivity contribution in [2.75, 3.05) is 14.2 Å². The summed E-state index contributed by atoms with van der Waals surface area (Å²) in [6.07, 6.45) is 3.86. The zero-order chi connectivity index (χ0) is 14.8. The summed E-state index contributed by atoms with van der Waals surface area (Å²) >= 11 is 1.72. The van der Waals surface area contributed by atoms with E-state index in [1.54, 1.807) is 25.1 Å².